The molecule has 1 atom stereocenters. The van der Waals surface area contributed by atoms with E-state index in [4.69, 9.17) is 4.74 Å². The predicted molar refractivity (Wildman–Crippen MR) is 88.6 cm³/mol. The number of aromatic hydroxyl groups is 1. The summed E-state index contributed by atoms with van der Waals surface area (Å²) in [7, 11) is 0. The maximum Gasteiger partial charge on any atom is 0.333 e. The van der Waals surface area contributed by atoms with Gasteiger partial charge >= 0.3 is 5.97 Å². The van der Waals surface area contributed by atoms with E-state index in [1.54, 1.807) is 24.3 Å². The number of carboxylic acid groups (broad SMARTS) is 1. The zero-order valence-corrected chi connectivity index (χ0v) is 13.0. The number of ether oxygens (including phenoxy) is 1. The summed E-state index contributed by atoms with van der Waals surface area (Å²) in [6, 6.07) is 16.7. The lowest BCUT2D eigenvalue weighted by Gasteiger charge is -2.14. The molecule has 0 bridgehead atoms. The van der Waals surface area contributed by atoms with Crippen LogP contribution in [-0.2, 0) is 22.4 Å². The van der Waals surface area contributed by atoms with Crippen molar-refractivity contribution in [3.63, 3.8) is 0 Å². The first-order valence-electron chi connectivity index (χ1n) is 7.81. The van der Waals surface area contributed by atoms with Crippen LogP contribution in [-0.4, -0.2) is 28.9 Å². The Morgan fingerprint density at radius 3 is 2.30 bits per heavy atom. The number of unbranched alkanes of at least 4 members (excludes halogenated alkanes) is 1. The summed E-state index contributed by atoms with van der Waals surface area (Å²) in [6.07, 6.45) is 2.22. The van der Waals surface area contributed by atoms with Crippen molar-refractivity contribution in [1.82, 2.24) is 0 Å². The highest BCUT2D eigenvalue weighted by Gasteiger charge is 2.18. The van der Waals surface area contributed by atoms with E-state index in [0.717, 1.165) is 24.8 Å². The highest BCUT2D eigenvalue weighted by atomic mass is 16.5. The minimum atomic E-state index is -0.957. The lowest BCUT2D eigenvalue weighted by atomic mass is 10.1. The third kappa shape index (κ3) is 6.12. The predicted octanol–water partition coefficient (Wildman–Crippen LogP) is 3.43. The van der Waals surface area contributed by atoms with Crippen LogP contribution in [0.1, 0.15) is 24.0 Å². The van der Waals surface area contributed by atoms with Gasteiger partial charge in [-0.05, 0) is 42.5 Å². The van der Waals surface area contributed by atoms with E-state index in [2.05, 4.69) is 12.1 Å². The molecule has 0 aliphatic rings. The Hall–Kier alpha value is -2.33. The Morgan fingerprint density at radius 1 is 0.957 bits per heavy atom. The van der Waals surface area contributed by atoms with Gasteiger partial charge in [-0.15, -0.1) is 0 Å². The van der Waals surface area contributed by atoms with Gasteiger partial charge in [0.2, 0.25) is 0 Å². The minimum Gasteiger partial charge on any atom is -0.508 e. The summed E-state index contributed by atoms with van der Waals surface area (Å²) in [5, 5.41) is 18.5. The lowest BCUT2D eigenvalue weighted by Crippen LogP contribution is -2.26. The van der Waals surface area contributed by atoms with Gasteiger partial charge in [-0.25, -0.2) is 4.79 Å². The Kier molecular flexibility index (Phi) is 6.63. The first kappa shape index (κ1) is 17.0. The standard InChI is InChI=1S/C19H22O4/c20-17-11-9-16(10-12-17)14-18(19(21)22)23-13-5-4-8-15-6-2-1-3-7-15/h1-3,6-7,9-12,18,20H,4-5,8,13-14H2,(H,21,22)/t18-/m1/s1. The van der Waals surface area contributed by atoms with E-state index in [1.165, 1.54) is 5.56 Å². The number of aliphatic carboxylic acids is 1. The third-order valence-electron chi connectivity index (χ3n) is 3.65. The molecule has 2 rings (SSSR count). The van der Waals surface area contributed by atoms with Crippen LogP contribution in [0.4, 0.5) is 0 Å². The minimum absolute atomic E-state index is 0.169. The molecular weight excluding hydrogens is 292 g/mol. The van der Waals surface area contributed by atoms with Gasteiger partial charge < -0.3 is 14.9 Å². The number of benzene rings is 2. The van der Waals surface area contributed by atoms with Crippen molar-refractivity contribution in [3.8, 4) is 5.75 Å². The van der Waals surface area contributed by atoms with Crippen molar-refractivity contribution < 1.29 is 19.7 Å². The zero-order valence-electron chi connectivity index (χ0n) is 13.0. The average molecular weight is 314 g/mol. The van der Waals surface area contributed by atoms with Gasteiger partial charge in [0.15, 0.2) is 6.10 Å². The second kappa shape index (κ2) is 8.96. The molecule has 0 aliphatic carbocycles. The summed E-state index contributed by atoms with van der Waals surface area (Å²) in [4.78, 5) is 11.3. The van der Waals surface area contributed by atoms with Crippen LogP contribution in [0.2, 0.25) is 0 Å². The summed E-state index contributed by atoms with van der Waals surface area (Å²) in [5.74, 6) is -0.788. The van der Waals surface area contributed by atoms with Crippen molar-refractivity contribution in [2.45, 2.75) is 31.8 Å². The molecule has 0 saturated carbocycles. The van der Waals surface area contributed by atoms with Crippen LogP contribution in [0.25, 0.3) is 0 Å². The van der Waals surface area contributed by atoms with E-state index in [-0.39, 0.29) is 5.75 Å². The largest absolute Gasteiger partial charge is 0.508 e. The molecule has 2 aromatic carbocycles. The van der Waals surface area contributed by atoms with Crippen LogP contribution in [0.3, 0.4) is 0 Å². The Bertz CT molecular complexity index is 593. The van der Waals surface area contributed by atoms with E-state index in [0.29, 0.717) is 13.0 Å². The lowest BCUT2D eigenvalue weighted by molar-refractivity contribution is -0.150. The Morgan fingerprint density at radius 2 is 1.65 bits per heavy atom. The Balaban J connectivity index is 1.72. The molecule has 4 heteroatoms. The smallest absolute Gasteiger partial charge is 0.333 e. The SMILES string of the molecule is O=C(O)[C@@H](Cc1ccc(O)cc1)OCCCCc1ccccc1. The topological polar surface area (TPSA) is 66.8 Å². The molecule has 0 saturated heterocycles. The number of aryl methyl sites for hydroxylation is 1. The molecule has 2 aromatic rings. The highest BCUT2D eigenvalue weighted by Crippen LogP contribution is 2.13. The number of phenolic OH excluding ortho intramolecular Hbond substituents is 1. The first-order chi connectivity index (χ1) is 11.1. The number of hydrogen-bond acceptors (Lipinski definition) is 3. The summed E-state index contributed by atoms with van der Waals surface area (Å²) in [5.41, 5.74) is 2.12. The van der Waals surface area contributed by atoms with Crippen molar-refractivity contribution in [2.75, 3.05) is 6.61 Å². The molecular formula is C19H22O4. The summed E-state index contributed by atoms with van der Waals surface area (Å²) in [6.45, 7) is 0.432. The van der Waals surface area contributed by atoms with Crippen LogP contribution < -0.4 is 0 Å². The molecule has 23 heavy (non-hydrogen) atoms. The van der Waals surface area contributed by atoms with E-state index in [1.807, 2.05) is 18.2 Å². The van der Waals surface area contributed by atoms with Gasteiger partial charge in [-0.1, -0.05) is 42.5 Å². The fourth-order valence-corrected chi connectivity index (χ4v) is 2.37. The number of hydrogen-bond donors (Lipinski definition) is 2. The molecule has 4 nitrogen and oxygen atoms in total. The van der Waals surface area contributed by atoms with Gasteiger partial charge in [-0.2, -0.15) is 0 Å². The zero-order chi connectivity index (χ0) is 16.5. The molecule has 0 spiro atoms. The second-order valence-electron chi connectivity index (χ2n) is 5.51. The van der Waals surface area contributed by atoms with Crippen LogP contribution in [0.5, 0.6) is 5.75 Å². The van der Waals surface area contributed by atoms with Gasteiger partial charge in [-0.3, -0.25) is 0 Å². The molecule has 122 valence electrons. The highest BCUT2D eigenvalue weighted by molar-refractivity contribution is 5.72. The molecule has 0 radical (unpaired) electrons. The Labute approximate surface area is 136 Å². The maximum absolute atomic E-state index is 11.3. The fraction of sp³-hybridized carbons (Fsp3) is 0.316. The fourth-order valence-electron chi connectivity index (χ4n) is 2.37. The van der Waals surface area contributed by atoms with Gasteiger partial charge in [0.05, 0.1) is 0 Å². The van der Waals surface area contributed by atoms with E-state index >= 15 is 0 Å². The maximum atomic E-state index is 11.3. The molecule has 2 N–H and O–H groups in total. The van der Waals surface area contributed by atoms with Crippen molar-refractivity contribution in [1.29, 1.82) is 0 Å². The molecule has 0 heterocycles. The molecule has 0 unspecified atom stereocenters. The first-order valence-corrected chi connectivity index (χ1v) is 7.81. The molecule has 0 fully saturated rings. The van der Waals surface area contributed by atoms with Gasteiger partial charge in [0.1, 0.15) is 5.75 Å². The number of carboxylic acids is 1. The van der Waals surface area contributed by atoms with E-state index in [9.17, 15) is 15.0 Å². The summed E-state index contributed by atoms with van der Waals surface area (Å²) >= 11 is 0. The average Bonchev–Trinajstić information content (AvgIpc) is 2.56. The second-order valence-corrected chi connectivity index (χ2v) is 5.51. The van der Waals surface area contributed by atoms with Crippen LogP contribution in [0.15, 0.2) is 54.6 Å². The third-order valence-corrected chi connectivity index (χ3v) is 3.65. The van der Waals surface area contributed by atoms with Crippen LogP contribution >= 0.6 is 0 Å². The normalized spacial score (nSPS) is 12.0. The number of rotatable bonds is 9. The quantitative estimate of drug-likeness (QED) is 0.696. The molecule has 0 aliphatic heterocycles. The van der Waals surface area contributed by atoms with E-state index < -0.39 is 12.1 Å². The van der Waals surface area contributed by atoms with Crippen molar-refractivity contribution in [3.05, 3.63) is 65.7 Å². The van der Waals surface area contributed by atoms with Crippen molar-refractivity contribution >= 4 is 5.97 Å². The molecule has 0 aromatic heterocycles. The summed E-state index contributed by atoms with van der Waals surface area (Å²) < 4.78 is 5.51. The van der Waals surface area contributed by atoms with Crippen LogP contribution in [0, 0.1) is 0 Å². The monoisotopic (exact) mass is 314 g/mol. The molecule has 0 amide bonds. The number of carbonyl (C=O) groups is 1. The number of phenols is 1. The van der Waals surface area contributed by atoms with Crippen molar-refractivity contribution in [2.24, 2.45) is 0 Å². The van der Waals surface area contributed by atoms with Gasteiger partial charge in [0, 0.05) is 13.0 Å². The van der Waals surface area contributed by atoms with Gasteiger partial charge in [0.25, 0.3) is 0 Å².